The van der Waals surface area contributed by atoms with Crippen molar-refractivity contribution in [2.75, 3.05) is 19.8 Å². The lowest BCUT2D eigenvalue weighted by Gasteiger charge is -2.35. The molecule has 20 heavy (non-hydrogen) atoms. The Bertz CT molecular complexity index is 476. The molecule has 1 unspecified atom stereocenters. The predicted molar refractivity (Wildman–Crippen MR) is 75.8 cm³/mol. The fourth-order valence-electron chi connectivity index (χ4n) is 2.93. The molecule has 0 spiro atoms. The van der Waals surface area contributed by atoms with Gasteiger partial charge >= 0.3 is 0 Å². The second kappa shape index (κ2) is 5.60. The summed E-state index contributed by atoms with van der Waals surface area (Å²) in [4.78, 5) is 14.7. The van der Waals surface area contributed by atoms with Gasteiger partial charge in [-0.05, 0) is 24.3 Å². The molecule has 0 aromatic carbocycles. The Morgan fingerprint density at radius 1 is 1.45 bits per heavy atom. The van der Waals surface area contributed by atoms with E-state index in [1.807, 2.05) is 11.0 Å². The van der Waals surface area contributed by atoms with Gasteiger partial charge in [0.15, 0.2) is 5.76 Å². The summed E-state index contributed by atoms with van der Waals surface area (Å²) in [6.45, 7) is 6.14. The van der Waals surface area contributed by atoms with Crippen molar-refractivity contribution in [3.63, 3.8) is 0 Å². The molecule has 110 valence electrons. The quantitative estimate of drug-likeness (QED) is 0.849. The standard InChI is InChI=1S/C16H23NO3/c1-11(2)14-5-7-20-15(14)16(18)17-6-8-19-10-13(17)9-12-3-4-12/h5,7,11-13H,3-4,6,8-10H2,1-2H3. The highest BCUT2D eigenvalue weighted by Crippen LogP contribution is 2.35. The molecule has 2 aliphatic rings. The second-order valence-electron chi connectivity index (χ2n) is 6.27. The number of carbonyl (C=O) groups is 1. The summed E-state index contributed by atoms with van der Waals surface area (Å²) in [5.74, 6) is 1.64. The van der Waals surface area contributed by atoms with Crippen LogP contribution in [0, 0.1) is 5.92 Å². The Morgan fingerprint density at radius 2 is 2.25 bits per heavy atom. The molecule has 1 saturated carbocycles. The van der Waals surface area contributed by atoms with Crippen LogP contribution < -0.4 is 0 Å². The lowest BCUT2D eigenvalue weighted by atomic mass is 10.0. The van der Waals surface area contributed by atoms with Crippen molar-refractivity contribution in [2.24, 2.45) is 5.92 Å². The molecule has 0 radical (unpaired) electrons. The third-order valence-corrected chi connectivity index (χ3v) is 4.30. The topological polar surface area (TPSA) is 42.7 Å². The number of amides is 1. The number of furan rings is 1. The Labute approximate surface area is 120 Å². The van der Waals surface area contributed by atoms with Crippen LogP contribution >= 0.6 is 0 Å². The molecule has 4 heteroatoms. The van der Waals surface area contributed by atoms with Gasteiger partial charge in [-0.1, -0.05) is 26.7 Å². The first kappa shape index (κ1) is 13.7. The first-order valence-electron chi connectivity index (χ1n) is 7.63. The number of hydrogen-bond donors (Lipinski definition) is 0. The lowest BCUT2D eigenvalue weighted by Crippen LogP contribution is -2.49. The Morgan fingerprint density at radius 3 is 2.95 bits per heavy atom. The van der Waals surface area contributed by atoms with E-state index in [2.05, 4.69) is 13.8 Å². The molecule has 1 amide bonds. The van der Waals surface area contributed by atoms with Gasteiger partial charge in [0.25, 0.3) is 5.91 Å². The molecule has 1 aliphatic carbocycles. The van der Waals surface area contributed by atoms with Gasteiger partial charge in [0, 0.05) is 12.1 Å². The molecular formula is C16H23NO3. The highest BCUT2D eigenvalue weighted by molar-refractivity contribution is 5.93. The molecular weight excluding hydrogens is 254 g/mol. The summed E-state index contributed by atoms with van der Waals surface area (Å²) in [5, 5.41) is 0. The number of nitrogens with zero attached hydrogens (tertiary/aromatic N) is 1. The summed E-state index contributed by atoms with van der Waals surface area (Å²) in [5.41, 5.74) is 1.01. The molecule has 1 aliphatic heterocycles. The van der Waals surface area contributed by atoms with E-state index < -0.39 is 0 Å². The molecule has 1 aromatic heterocycles. The summed E-state index contributed by atoms with van der Waals surface area (Å²) in [6, 6.07) is 2.13. The summed E-state index contributed by atoms with van der Waals surface area (Å²) in [6.07, 6.45) is 5.30. The van der Waals surface area contributed by atoms with Crippen LogP contribution in [0.3, 0.4) is 0 Å². The summed E-state index contributed by atoms with van der Waals surface area (Å²) in [7, 11) is 0. The van der Waals surface area contributed by atoms with E-state index in [0.717, 1.165) is 17.9 Å². The predicted octanol–water partition coefficient (Wildman–Crippen LogP) is 3.04. The van der Waals surface area contributed by atoms with Crippen LogP contribution in [0.15, 0.2) is 16.7 Å². The largest absolute Gasteiger partial charge is 0.459 e. The van der Waals surface area contributed by atoms with E-state index in [0.29, 0.717) is 31.4 Å². The van der Waals surface area contributed by atoms with E-state index in [-0.39, 0.29) is 11.9 Å². The van der Waals surface area contributed by atoms with Crippen molar-refractivity contribution in [3.8, 4) is 0 Å². The molecule has 2 heterocycles. The van der Waals surface area contributed by atoms with Gasteiger partial charge in [0.1, 0.15) is 0 Å². The number of ether oxygens (including phenoxy) is 1. The average Bonchev–Trinajstić information content (AvgIpc) is 3.11. The highest BCUT2D eigenvalue weighted by Gasteiger charge is 2.35. The number of carbonyl (C=O) groups excluding carboxylic acids is 1. The minimum atomic E-state index is 0.0349. The number of hydrogen-bond acceptors (Lipinski definition) is 3. The maximum atomic E-state index is 12.8. The zero-order valence-electron chi connectivity index (χ0n) is 12.3. The van der Waals surface area contributed by atoms with Crippen LogP contribution in [-0.2, 0) is 4.74 Å². The monoisotopic (exact) mass is 277 g/mol. The van der Waals surface area contributed by atoms with Crippen molar-refractivity contribution < 1.29 is 13.9 Å². The number of morpholine rings is 1. The lowest BCUT2D eigenvalue weighted by molar-refractivity contribution is -0.00728. The van der Waals surface area contributed by atoms with Gasteiger partial charge in [-0.25, -0.2) is 0 Å². The Kier molecular flexibility index (Phi) is 3.83. The SMILES string of the molecule is CC(C)c1ccoc1C(=O)N1CCOCC1CC1CC1. The Balaban J connectivity index is 1.77. The molecule has 0 N–H and O–H groups in total. The van der Waals surface area contributed by atoms with Crippen LogP contribution in [-0.4, -0.2) is 36.6 Å². The molecule has 3 rings (SSSR count). The highest BCUT2D eigenvalue weighted by atomic mass is 16.5. The van der Waals surface area contributed by atoms with E-state index >= 15 is 0 Å². The molecule has 1 saturated heterocycles. The molecule has 1 aromatic rings. The van der Waals surface area contributed by atoms with Gasteiger partial charge in [0.2, 0.25) is 0 Å². The van der Waals surface area contributed by atoms with Crippen LogP contribution in [0.4, 0.5) is 0 Å². The van der Waals surface area contributed by atoms with Gasteiger partial charge in [0.05, 0.1) is 25.5 Å². The number of rotatable bonds is 4. The third-order valence-electron chi connectivity index (χ3n) is 4.30. The smallest absolute Gasteiger partial charge is 0.290 e. The normalized spacial score (nSPS) is 23.4. The van der Waals surface area contributed by atoms with Gasteiger partial charge in [-0.15, -0.1) is 0 Å². The Hall–Kier alpha value is -1.29. The van der Waals surface area contributed by atoms with Crippen LogP contribution in [0.25, 0.3) is 0 Å². The van der Waals surface area contributed by atoms with Crippen molar-refractivity contribution in [3.05, 3.63) is 23.7 Å². The third kappa shape index (κ3) is 2.75. The second-order valence-corrected chi connectivity index (χ2v) is 6.27. The molecule has 1 atom stereocenters. The van der Waals surface area contributed by atoms with Crippen molar-refractivity contribution >= 4 is 5.91 Å². The first-order valence-corrected chi connectivity index (χ1v) is 7.63. The summed E-state index contributed by atoms with van der Waals surface area (Å²) < 4.78 is 11.0. The van der Waals surface area contributed by atoms with Crippen molar-refractivity contribution in [2.45, 2.75) is 45.1 Å². The average molecular weight is 277 g/mol. The van der Waals surface area contributed by atoms with E-state index in [1.54, 1.807) is 6.26 Å². The fraction of sp³-hybridized carbons (Fsp3) is 0.688. The van der Waals surface area contributed by atoms with E-state index in [4.69, 9.17) is 9.15 Å². The fourth-order valence-corrected chi connectivity index (χ4v) is 2.93. The van der Waals surface area contributed by atoms with Crippen molar-refractivity contribution in [1.82, 2.24) is 4.90 Å². The molecule has 0 bridgehead atoms. The first-order chi connectivity index (χ1) is 9.66. The van der Waals surface area contributed by atoms with Gasteiger partial charge < -0.3 is 14.1 Å². The van der Waals surface area contributed by atoms with E-state index in [9.17, 15) is 4.79 Å². The van der Waals surface area contributed by atoms with Crippen LogP contribution in [0.5, 0.6) is 0 Å². The maximum absolute atomic E-state index is 12.8. The maximum Gasteiger partial charge on any atom is 0.290 e. The molecule has 4 nitrogen and oxygen atoms in total. The van der Waals surface area contributed by atoms with E-state index in [1.165, 1.54) is 12.8 Å². The zero-order chi connectivity index (χ0) is 14.1. The van der Waals surface area contributed by atoms with Gasteiger partial charge in [-0.2, -0.15) is 0 Å². The summed E-state index contributed by atoms with van der Waals surface area (Å²) >= 11 is 0. The molecule has 2 fully saturated rings. The minimum Gasteiger partial charge on any atom is -0.459 e. The van der Waals surface area contributed by atoms with Gasteiger partial charge in [-0.3, -0.25) is 4.79 Å². The van der Waals surface area contributed by atoms with Crippen LogP contribution in [0.2, 0.25) is 0 Å². The van der Waals surface area contributed by atoms with Crippen molar-refractivity contribution in [1.29, 1.82) is 0 Å². The van der Waals surface area contributed by atoms with Crippen LogP contribution in [0.1, 0.15) is 55.1 Å². The zero-order valence-corrected chi connectivity index (χ0v) is 12.3. The minimum absolute atomic E-state index is 0.0349.